The van der Waals surface area contributed by atoms with Crippen LogP contribution >= 0.6 is 11.3 Å². The van der Waals surface area contributed by atoms with Gasteiger partial charge < -0.3 is 5.32 Å². The molecule has 0 aliphatic carbocycles. The minimum absolute atomic E-state index is 0.375. The molecule has 108 valence electrons. The van der Waals surface area contributed by atoms with Gasteiger partial charge in [-0.2, -0.15) is 13.2 Å². The second-order valence-electron chi connectivity index (χ2n) is 4.19. The summed E-state index contributed by atoms with van der Waals surface area (Å²) in [6.45, 7) is 1.99. The Morgan fingerprint density at radius 2 is 2.10 bits per heavy atom. The molecule has 20 heavy (non-hydrogen) atoms. The SMILES string of the molecule is CCc1cccnc1C(NC)c1cnc(C(F)(F)F)s1. The van der Waals surface area contributed by atoms with Crippen LogP contribution in [0.1, 0.15) is 34.1 Å². The molecule has 1 N–H and O–H groups in total. The fourth-order valence-corrected chi connectivity index (χ4v) is 2.87. The van der Waals surface area contributed by atoms with Gasteiger partial charge in [-0.3, -0.25) is 4.98 Å². The van der Waals surface area contributed by atoms with Gasteiger partial charge in [0.25, 0.3) is 0 Å². The van der Waals surface area contributed by atoms with E-state index in [4.69, 9.17) is 0 Å². The predicted molar refractivity (Wildman–Crippen MR) is 71.6 cm³/mol. The molecule has 0 spiro atoms. The fourth-order valence-electron chi connectivity index (χ4n) is 1.97. The standard InChI is InChI=1S/C13H14F3N3S/c1-3-8-5-4-6-18-10(8)11(17-2)9-7-19-12(20-9)13(14,15)16/h4-7,11,17H,3H2,1-2H3. The van der Waals surface area contributed by atoms with Gasteiger partial charge in [0.05, 0.1) is 11.7 Å². The molecule has 2 aromatic heterocycles. The molecule has 0 fully saturated rings. The van der Waals surface area contributed by atoms with Gasteiger partial charge >= 0.3 is 6.18 Å². The van der Waals surface area contributed by atoms with E-state index in [2.05, 4.69) is 15.3 Å². The lowest BCUT2D eigenvalue weighted by Gasteiger charge is -2.16. The first-order chi connectivity index (χ1) is 9.47. The van der Waals surface area contributed by atoms with E-state index in [1.54, 1.807) is 13.2 Å². The third-order valence-electron chi connectivity index (χ3n) is 2.92. The number of hydrogen-bond acceptors (Lipinski definition) is 4. The number of nitrogens with one attached hydrogen (secondary N) is 1. The van der Waals surface area contributed by atoms with Crippen LogP contribution in [0.5, 0.6) is 0 Å². The molecule has 2 aromatic rings. The summed E-state index contributed by atoms with van der Waals surface area (Å²) >= 11 is 0.648. The minimum Gasteiger partial charge on any atom is -0.307 e. The zero-order chi connectivity index (χ0) is 14.8. The zero-order valence-corrected chi connectivity index (χ0v) is 11.8. The van der Waals surface area contributed by atoms with Crippen LogP contribution < -0.4 is 5.32 Å². The third kappa shape index (κ3) is 2.99. The van der Waals surface area contributed by atoms with Crippen molar-refractivity contribution in [2.45, 2.75) is 25.6 Å². The van der Waals surface area contributed by atoms with Crippen LogP contribution in [0.4, 0.5) is 13.2 Å². The molecule has 0 aliphatic rings. The van der Waals surface area contributed by atoms with Crippen LogP contribution in [-0.2, 0) is 12.6 Å². The summed E-state index contributed by atoms with van der Waals surface area (Å²) in [6, 6.07) is 3.38. The number of aryl methyl sites for hydroxylation is 1. The summed E-state index contributed by atoms with van der Waals surface area (Å²) in [5.41, 5.74) is 1.75. The average Bonchev–Trinajstić information content (AvgIpc) is 2.90. The van der Waals surface area contributed by atoms with E-state index in [0.717, 1.165) is 17.7 Å². The number of thiazole rings is 1. The van der Waals surface area contributed by atoms with Crippen LogP contribution in [0.3, 0.4) is 0 Å². The normalized spacial score (nSPS) is 13.4. The second-order valence-corrected chi connectivity index (χ2v) is 5.25. The summed E-state index contributed by atoms with van der Waals surface area (Å²) in [4.78, 5) is 8.27. The number of rotatable bonds is 4. The van der Waals surface area contributed by atoms with Crippen molar-refractivity contribution >= 4 is 11.3 Å². The van der Waals surface area contributed by atoms with Crippen molar-refractivity contribution in [2.75, 3.05) is 7.05 Å². The largest absolute Gasteiger partial charge is 0.443 e. The fraction of sp³-hybridized carbons (Fsp3) is 0.385. The average molecular weight is 301 g/mol. The molecule has 0 amide bonds. The summed E-state index contributed by atoms with van der Waals surface area (Å²) in [6.07, 6.45) is -0.724. The molecule has 7 heteroatoms. The molecule has 0 aliphatic heterocycles. The Morgan fingerprint density at radius 3 is 2.65 bits per heavy atom. The third-order valence-corrected chi connectivity index (χ3v) is 4.03. The lowest BCUT2D eigenvalue weighted by molar-refractivity contribution is -0.137. The second kappa shape index (κ2) is 5.88. The Balaban J connectivity index is 2.40. The van der Waals surface area contributed by atoms with Crippen molar-refractivity contribution in [3.05, 3.63) is 45.7 Å². The van der Waals surface area contributed by atoms with Crippen molar-refractivity contribution in [3.8, 4) is 0 Å². The highest BCUT2D eigenvalue weighted by molar-refractivity contribution is 7.11. The summed E-state index contributed by atoms with van der Waals surface area (Å²) in [5.74, 6) is 0. The van der Waals surface area contributed by atoms with Crippen LogP contribution in [0, 0.1) is 0 Å². The van der Waals surface area contributed by atoms with E-state index in [9.17, 15) is 13.2 Å². The highest BCUT2D eigenvalue weighted by atomic mass is 32.1. The lowest BCUT2D eigenvalue weighted by Crippen LogP contribution is -2.19. The first-order valence-corrected chi connectivity index (χ1v) is 6.93. The summed E-state index contributed by atoms with van der Waals surface area (Å²) in [5, 5.41) is 2.18. The van der Waals surface area contributed by atoms with Gasteiger partial charge in [-0.15, -0.1) is 11.3 Å². The number of hydrogen-bond donors (Lipinski definition) is 1. The van der Waals surface area contributed by atoms with E-state index in [1.165, 1.54) is 6.20 Å². The number of nitrogens with zero attached hydrogens (tertiary/aromatic N) is 2. The van der Waals surface area contributed by atoms with Gasteiger partial charge in [-0.05, 0) is 25.1 Å². The van der Waals surface area contributed by atoms with E-state index >= 15 is 0 Å². The lowest BCUT2D eigenvalue weighted by atomic mass is 10.0. The quantitative estimate of drug-likeness (QED) is 0.940. The van der Waals surface area contributed by atoms with E-state index in [0.29, 0.717) is 16.2 Å². The molecule has 2 rings (SSSR count). The predicted octanol–water partition coefficient (Wildman–Crippen LogP) is 3.43. The van der Waals surface area contributed by atoms with E-state index in [1.807, 2.05) is 19.1 Å². The smallest absolute Gasteiger partial charge is 0.307 e. The van der Waals surface area contributed by atoms with Crippen molar-refractivity contribution in [3.63, 3.8) is 0 Å². The monoisotopic (exact) mass is 301 g/mol. The minimum atomic E-state index is -4.40. The number of pyridine rings is 1. The molecule has 0 bridgehead atoms. The molecular formula is C13H14F3N3S. The van der Waals surface area contributed by atoms with Gasteiger partial charge in [0.1, 0.15) is 0 Å². The Morgan fingerprint density at radius 1 is 1.35 bits per heavy atom. The van der Waals surface area contributed by atoms with Gasteiger partial charge in [0, 0.05) is 17.3 Å². The Hall–Kier alpha value is -1.47. The van der Waals surface area contributed by atoms with Crippen molar-refractivity contribution in [1.29, 1.82) is 0 Å². The Kier molecular flexibility index (Phi) is 4.39. The molecule has 2 heterocycles. The van der Waals surface area contributed by atoms with Gasteiger partial charge in [-0.25, -0.2) is 4.98 Å². The number of aromatic nitrogens is 2. The van der Waals surface area contributed by atoms with Crippen molar-refractivity contribution < 1.29 is 13.2 Å². The molecule has 1 unspecified atom stereocenters. The summed E-state index contributed by atoms with van der Waals surface area (Å²) < 4.78 is 37.9. The molecule has 0 saturated carbocycles. The van der Waals surface area contributed by atoms with Gasteiger partial charge in [0.2, 0.25) is 0 Å². The van der Waals surface area contributed by atoms with E-state index in [-0.39, 0.29) is 6.04 Å². The van der Waals surface area contributed by atoms with Crippen molar-refractivity contribution in [1.82, 2.24) is 15.3 Å². The zero-order valence-electron chi connectivity index (χ0n) is 11.0. The highest BCUT2D eigenvalue weighted by Crippen LogP contribution is 2.36. The molecule has 0 radical (unpaired) electrons. The number of alkyl halides is 3. The topological polar surface area (TPSA) is 37.8 Å². The van der Waals surface area contributed by atoms with Crippen LogP contribution in [0.2, 0.25) is 0 Å². The molecule has 1 atom stereocenters. The van der Waals surface area contributed by atoms with Gasteiger partial charge in [0.15, 0.2) is 5.01 Å². The van der Waals surface area contributed by atoms with Crippen LogP contribution in [-0.4, -0.2) is 17.0 Å². The molecular weight excluding hydrogens is 287 g/mol. The first kappa shape index (κ1) is 14.9. The van der Waals surface area contributed by atoms with E-state index < -0.39 is 11.2 Å². The molecule has 3 nitrogen and oxygen atoms in total. The summed E-state index contributed by atoms with van der Waals surface area (Å²) in [7, 11) is 1.70. The van der Waals surface area contributed by atoms with Crippen molar-refractivity contribution in [2.24, 2.45) is 0 Å². The van der Waals surface area contributed by atoms with Gasteiger partial charge in [-0.1, -0.05) is 13.0 Å². The number of halogens is 3. The maximum Gasteiger partial charge on any atom is 0.443 e. The molecule has 0 saturated heterocycles. The maximum absolute atomic E-state index is 12.6. The molecule has 0 aromatic carbocycles. The van der Waals surface area contributed by atoms with Crippen LogP contribution in [0.15, 0.2) is 24.5 Å². The highest BCUT2D eigenvalue weighted by Gasteiger charge is 2.35. The Labute approximate surface area is 118 Å². The Bertz CT molecular complexity index is 580. The van der Waals surface area contributed by atoms with Crippen LogP contribution in [0.25, 0.3) is 0 Å². The maximum atomic E-state index is 12.6. The first-order valence-electron chi connectivity index (χ1n) is 6.11.